The van der Waals surface area contributed by atoms with Gasteiger partial charge in [-0.1, -0.05) is 17.4 Å². The number of nitrogens with zero attached hydrogens (tertiary/aromatic N) is 5. The van der Waals surface area contributed by atoms with E-state index in [-0.39, 0.29) is 17.7 Å². The number of pyridine rings is 1. The minimum absolute atomic E-state index is 0.110. The van der Waals surface area contributed by atoms with Gasteiger partial charge in [-0.05, 0) is 43.2 Å². The summed E-state index contributed by atoms with van der Waals surface area (Å²) >= 11 is 1.37. The zero-order valence-corrected chi connectivity index (χ0v) is 19.9. The fourth-order valence-electron chi connectivity index (χ4n) is 3.73. The number of thiazole rings is 1. The van der Waals surface area contributed by atoms with Crippen LogP contribution < -0.4 is 14.9 Å². The zero-order valence-electron chi connectivity index (χ0n) is 18.2. The number of urea groups is 1. The van der Waals surface area contributed by atoms with Crippen molar-refractivity contribution in [3.63, 3.8) is 0 Å². The Bertz CT molecular complexity index is 1460. The molecule has 1 aromatic carbocycles. The molecule has 1 fully saturated rings. The average Bonchev–Trinajstić information content (AvgIpc) is 3.40. The van der Waals surface area contributed by atoms with Gasteiger partial charge >= 0.3 is 6.03 Å². The van der Waals surface area contributed by atoms with E-state index in [1.807, 2.05) is 37.3 Å². The second-order valence-corrected chi connectivity index (χ2v) is 10.6. The molecule has 0 spiro atoms. The van der Waals surface area contributed by atoms with E-state index >= 15 is 0 Å². The van der Waals surface area contributed by atoms with Crippen LogP contribution in [0.5, 0.6) is 0 Å². The number of anilines is 2. The van der Waals surface area contributed by atoms with Crippen molar-refractivity contribution >= 4 is 48.7 Å². The van der Waals surface area contributed by atoms with Gasteiger partial charge in [0.05, 0.1) is 21.7 Å². The van der Waals surface area contributed by atoms with Gasteiger partial charge in [-0.3, -0.25) is 10.3 Å². The largest absolute Gasteiger partial charge is 0.338 e. The fourth-order valence-corrected chi connectivity index (χ4v) is 6.16. The first kappa shape index (κ1) is 22.2. The van der Waals surface area contributed by atoms with Crippen LogP contribution in [0.1, 0.15) is 13.3 Å². The standard InChI is InChI=1S/C22H21N7O3S2/c1-2-23-21(30)28-22-27-18-11-14(10-16(19(18)33-22)17-6-3-4-7-24-17)15-12-25-20(26-13-15)29-8-5-9-34(29,31)32/h3-4,6-7,10-13H,2,5,8-9H2,1H3,(H2,23,27,28,30). The lowest BCUT2D eigenvalue weighted by atomic mass is 10.0. The Kier molecular flexibility index (Phi) is 5.84. The molecule has 0 bridgehead atoms. The van der Waals surface area contributed by atoms with Crippen molar-refractivity contribution in [2.75, 3.05) is 28.5 Å². The van der Waals surface area contributed by atoms with Crippen LogP contribution in [-0.4, -0.2) is 53.2 Å². The number of amides is 2. The van der Waals surface area contributed by atoms with Gasteiger partial charge < -0.3 is 5.32 Å². The highest BCUT2D eigenvalue weighted by Crippen LogP contribution is 2.38. The van der Waals surface area contributed by atoms with E-state index in [9.17, 15) is 13.2 Å². The van der Waals surface area contributed by atoms with Crippen molar-refractivity contribution < 1.29 is 13.2 Å². The van der Waals surface area contributed by atoms with Crippen LogP contribution in [0.25, 0.3) is 32.6 Å². The Morgan fingerprint density at radius 1 is 1.15 bits per heavy atom. The van der Waals surface area contributed by atoms with Crippen LogP contribution in [-0.2, 0) is 10.0 Å². The van der Waals surface area contributed by atoms with E-state index in [0.29, 0.717) is 35.7 Å². The predicted octanol–water partition coefficient (Wildman–Crippen LogP) is 3.50. The van der Waals surface area contributed by atoms with Gasteiger partial charge in [0.25, 0.3) is 0 Å². The number of benzene rings is 1. The lowest BCUT2D eigenvalue weighted by Gasteiger charge is -2.14. The first-order valence-electron chi connectivity index (χ1n) is 10.7. The number of carbonyl (C=O) groups is 1. The number of hydrogen-bond acceptors (Lipinski definition) is 8. The van der Waals surface area contributed by atoms with E-state index in [0.717, 1.165) is 21.5 Å². The van der Waals surface area contributed by atoms with Crippen LogP contribution in [0.4, 0.5) is 15.9 Å². The molecule has 10 nitrogen and oxygen atoms in total. The summed E-state index contributed by atoms with van der Waals surface area (Å²) in [5.74, 6) is 0.285. The molecule has 0 saturated carbocycles. The Hall–Kier alpha value is -3.64. The highest BCUT2D eigenvalue weighted by atomic mass is 32.2. The monoisotopic (exact) mass is 495 g/mol. The second kappa shape index (κ2) is 8.95. The van der Waals surface area contributed by atoms with Crippen molar-refractivity contribution in [2.24, 2.45) is 0 Å². The highest BCUT2D eigenvalue weighted by Gasteiger charge is 2.30. The Morgan fingerprint density at radius 3 is 2.65 bits per heavy atom. The highest BCUT2D eigenvalue weighted by molar-refractivity contribution is 7.93. The van der Waals surface area contributed by atoms with Crippen LogP contribution in [0.2, 0.25) is 0 Å². The summed E-state index contributed by atoms with van der Waals surface area (Å²) in [5.41, 5.74) is 3.84. The zero-order chi connectivity index (χ0) is 23.7. The molecular weight excluding hydrogens is 474 g/mol. The fraction of sp³-hybridized carbons (Fsp3) is 0.227. The van der Waals surface area contributed by atoms with E-state index in [1.165, 1.54) is 15.6 Å². The molecule has 12 heteroatoms. The van der Waals surface area contributed by atoms with Gasteiger partial charge in [0.1, 0.15) is 0 Å². The maximum absolute atomic E-state index is 12.2. The molecule has 1 aliphatic heterocycles. The second-order valence-electron chi connectivity index (χ2n) is 7.60. The topological polar surface area (TPSA) is 130 Å². The first-order valence-corrected chi connectivity index (χ1v) is 13.1. The molecule has 1 saturated heterocycles. The van der Waals surface area contributed by atoms with E-state index in [1.54, 1.807) is 18.6 Å². The van der Waals surface area contributed by atoms with Gasteiger partial charge in [0.15, 0.2) is 5.13 Å². The van der Waals surface area contributed by atoms with E-state index < -0.39 is 10.0 Å². The number of aromatic nitrogens is 4. The number of nitrogens with one attached hydrogen (secondary N) is 2. The third-order valence-electron chi connectivity index (χ3n) is 5.28. The van der Waals surface area contributed by atoms with Crippen molar-refractivity contribution in [1.29, 1.82) is 0 Å². The first-order chi connectivity index (χ1) is 16.4. The maximum Gasteiger partial charge on any atom is 0.321 e. The SMILES string of the molecule is CCNC(=O)Nc1nc2cc(-c3cnc(N4CCCS4(=O)=O)nc3)cc(-c3ccccn3)c2s1. The third kappa shape index (κ3) is 4.29. The summed E-state index contributed by atoms with van der Waals surface area (Å²) < 4.78 is 26.5. The normalized spacial score (nSPS) is 14.9. The lowest BCUT2D eigenvalue weighted by Crippen LogP contribution is -2.28. The molecular formula is C22H21N7O3S2. The molecule has 5 rings (SSSR count). The Morgan fingerprint density at radius 2 is 1.97 bits per heavy atom. The lowest BCUT2D eigenvalue weighted by molar-refractivity contribution is 0.252. The summed E-state index contributed by atoms with van der Waals surface area (Å²) in [7, 11) is -3.35. The van der Waals surface area contributed by atoms with Gasteiger partial charge in [-0.25, -0.2) is 32.5 Å². The maximum atomic E-state index is 12.2. The van der Waals surface area contributed by atoms with Crippen LogP contribution in [0, 0.1) is 0 Å². The van der Waals surface area contributed by atoms with Crippen LogP contribution >= 0.6 is 11.3 Å². The van der Waals surface area contributed by atoms with Crippen molar-refractivity contribution in [3.05, 3.63) is 48.9 Å². The van der Waals surface area contributed by atoms with Crippen molar-refractivity contribution in [2.45, 2.75) is 13.3 Å². The molecule has 0 unspecified atom stereocenters. The van der Waals surface area contributed by atoms with Gasteiger partial charge in [0.2, 0.25) is 16.0 Å². The number of fused-ring (bicyclic) bond motifs is 1. The number of carbonyl (C=O) groups excluding carboxylic acids is 1. The molecule has 3 aromatic heterocycles. The molecule has 0 atom stereocenters. The molecule has 4 aromatic rings. The predicted molar refractivity (Wildman–Crippen MR) is 132 cm³/mol. The average molecular weight is 496 g/mol. The molecule has 1 aliphatic rings. The number of rotatable bonds is 5. The molecule has 0 radical (unpaired) electrons. The van der Waals surface area contributed by atoms with Crippen molar-refractivity contribution in [3.8, 4) is 22.4 Å². The summed E-state index contributed by atoms with van der Waals surface area (Å²) in [6, 6.07) is 9.22. The van der Waals surface area contributed by atoms with Crippen LogP contribution in [0.15, 0.2) is 48.9 Å². The third-order valence-corrected chi connectivity index (χ3v) is 8.12. The molecule has 0 aliphatic carbocycles. The minimum atomic E-state index is -3.35. The molecule has 174 valence electrons. The molecule has 2 amide bonds. The van der Waals surface area contributed by atoms with E-state index in [4.69, 9.17) is 0 Å². The Balaban J connectivity index is 1.56. The van der Waals surface area contributed by atoms with Crippen molar-refractivity contribution in [1.82, 2.24) is 25.3 Å². The summed E-state index contributed by atoms with van der Waals surface area (Å²) in [4.78, 5) is 29.7. The Labute approximate surface area is 200 Å². The quantitative estimate of drug-likeness (QED) is 0.433. The minimum Gasteiger partial charge on any atom is -0.338 e. The van der Waals surface area contributed by atoms with Crippen LogP contribution in [0.3, 0.4) is 0 Å². The van der Waals surface area contributed by atoms with E-state index in [2.05, 4.69) is 30.6 Å². The smallest absolute Gasteiger partial charge is 0.321 e. The number of hydrogen-bond donors (Lipinski definition) is 2. The van der Waals surface area contributed by atoms with Gasteiger partial charge in [-0.15, -0.1) is 0 Å². The summed E-state index contributed by atoms with van der Waals surface area (Å²) in [6.45, 7) is 2.74. The molecule has 4 heterocycles. The van der Waals surface area contributed by atoms with Gasteiger partial charge in [-0.2, -0.15) is 0 Å². The molecule has 34 heavy (non-hydrogen) atoms. The number of sulfonamides is 1. The molecule has 2 N–H and O–H groups in total. The van der Waals surface area contributed by atoms with Gasteiger partial charge in [0, 0.05) is 42.8 Å². The summed E-state index contributed by atoms with van der Waals surface area (Å²) in [5, 5.41) is 5.94. The summed E-state index contributed by atoms with van der Waals surface area (Å²) in [6.07, 6.45) is 5.50.